The van der Waals surface area contributed by atoms with Gasteiger partial charge in [-0.25, -0.2) is 0 Å². The molecule has 60 valence electrons. The Bertz CT molecular complexity index is 215. The minimum absolute atomic E-state index is 0.0772. The predicted molar refractivity (Wildman–Crippen MR) is 38.9 cm³/mol. The molecule has 0 N–H and O–H groups in total. The van der Waals surface area contributed by atoms with Gasteiger partial charge in [0.15, 0.2) is 0 Å². The second-order valence-electron chi connectivity index (χ2n) is 2.69. The molecule has 4 heteroatoms. The zero-order valence-electron chi connectivity index (χ0n) is 6.13. The van der Waals surface area contributed by atoms with Gasteiger partial charge in [0.2, 0.25) is 0 Å². The van der Waals surface area contributed by atoms with Crippen LogP contribution in [0.3, 0.4) is 0 Å². The Morgan fingerprint density at radius 3 is 2.73 bits per heavy atom. The summed E-state index contributed by atoms with van der Waals surface area (Å²) < 4.78 is 4.47. The van der Waals surface area contributed by atoms with Crippen molar-refractivity contribution in [3.8, 4) is 6.07 Å². The Labute approximate surface area is 69.9 Å². The van der Waals surface area contributed by atoms with Crippen LogP contribution < -0.4 is 0 Å². The van der Waals surface area contributed by atoms with Crippen molar-refractivity contribution in [2.45, 2.75) is 17.7 Å². The summed E-state index contributed by atoms with van der Waals surface area (Å²) in [6.45, 7) is 0. The highest BCUT2D eigenvalue weighted by molar-refractivity contribution is 6.34. The summed E-state index contributed by atoms with van der Waals surface area (Å²) in [6.07, 6.45) is 0.829. The van der Waals surface area contributed by atoms with Crippen LogP contribution >= 0.6 is 11.6 Å². The van der Waals surface area contributed by atoms with Crippen molar-refractivity contribution in [2.24, 2.45) is 5.92 Å². The molecular weight excluding hydrogens is 166 g/mol. The van der Waals surface area contributed by atoms with Crippen molar-refractivity contribution >= 4 is 17.6 Å². The molecule has 0 spiro atoms. The fraction of sp³-hybridized carbons (Fsp3) is 0.714. The molecule has 0 atom stereocenters. The fourth-order valence-corrected chi connectivity index (χ4v) is 1.61. The molecule has 1 rings (SSSR count). The molecule has 0 bridgehead atoms. The predicted octanol–water partition coefficient (Wildman–Crippen LogP) is 1.07. The quantitative estimate of drug-likeness (QED) is 0.440. The number of rotatable bonds is 1. The van der Waals surface area contributed by atoms with Gasteiger partial charge in [-0.05, 0) is 12.8 Å². The van der Waals surface area contributed by atoms with Gasteiger partial charge in [0, 0.05) is 0 Å². The van der Waals surface area contributed by atoms with Crippen LogP contribution in [0.5, 0.6) is 0 Å². The van der Waals surface area contributed by atoms with Gasteiger partial charge in [-0.1, -0.05) is 0 Å². The number of nitrogens with zero attached hydrogens (tertiary/aromatic N) is 1. The topological polar surface area (TPSA) is 50.1 Å². The Morgan fingerprint density at radius 1 is 1.82 bits per heavy atom. The second kappa shape index (κ2) is 2.71. The number of halogens is 1. The standard InChI is InChI=1S/C7H8ClNO2/c1-11-6(10)7(8)2-5(3-7)4-9/h5H,2-3H2,1H3. The number of esters is 1. The molecule has 1 fully saturated rings. The summed E-state index contributed by atoms with van der Waals surface area (Å²) >= 11 is 5.81. The van der Waals surface area contributed by atoms with Gasteiger partial charge in [-0.15, -0.1) is 11.6 Å². The SMILES string of the molecule is COC(=O)C1(Cl)CC(C#N)C1. The average Bonchev–Trinajstić information content (AvgIpc) is 1.96. The molecule has 0 amide bonds. The number of hydrogen-bond donors (Lipinski definition) is 0. The molecule has 1 aliphatic rings. The molecule has 11 heavy (non-hydrogen) atoms. The highest BCUT2D eigenvalue weighted by Gasteiger charge is 2.50. The summed E-state index contributed by atoms with van der Waals surface area (Å²) in [5.41, 5.74) is 0. The molecule has 0 aromatic rings. The van der Waals surface area contributed by atoms with Gasteiger partial charge >= 0.3 is 5.97 Å². The third-order valence-corrected chi connectivity index (χ3v) is 2.34. The molecule has 1 saturated carbocycles. The lowest BCUT2D eigenvalue weighted by Gasteiger charge is -2.36. The van der Waals surface area contributed by atoms with E-state index in [2.05, 4.69) is 4.74 Å². The first-order valence-corrected chi connectivity index (χ1v) is 3.67. The minimum atomic E-state index is -0.908. The third kappa shape index (κ3) is 1.31. The Hall–Kier alpha value is -0.750. The molecule has 0 aromatic carbocycles. The van der Waals surface area contributed by atoms with Gasteiger partial charge in [0.05, 0.1) is 19.1 Å². The highest BCUT2D eigenvalue weighted by Crippen LogP contribution is 2.43. The van der Waals surface area contributed by atoms with E-state index in [1.807, 2.05) is 6.07 Å². The van der Waals surface area contributed by atoms with Crippen LogP contribution in [0, 0.1) is 17.2 Å². The van der Waals surface area contributed by atoms with Gasteiger partial charge in [0.1, 0.15) is 4.87 Å². The summed E-state index contributed by atoms with van der Waals surface area (Å²) in [4.78, 5) is 10.0. The molecule has 0 radical (unpaired) electrons. The van der Waals surface area contributed by atoms with E-state index in [0.717, 1.165) is 0 Å². The highest BCUT2D eigenvalue weighted by atomic mass is 35.5. The Morgan fingerprint density at radius 2 is 2.36 bits per heavy atom. The van der Waals surface area contributed by atoms with Gasteiger partial charge < -0.3 is 4.74 Å². The van der Waals surface area contributed by atoms with Crippen LogP contribution in [-0.2, 0) is 9.53 Å². The van der Waals surface area contributed by atoms with E-state index >= 15 is 0 Å². The summed E-state index contributed by atoms with van der Waals surface area (Å²) in [7, 11) is 1.30. The number of carbonyl (C=O) groups is 1. The van der Waals surface area contributed by atoms with E-state index in [1.54, 1.807) is 0 Å². The lowest BCUT2D eigenvalue weighted by Crippen LogP contribution is -2.45. The molecule has 3 nitrogen and oxygen atoms in total. The summed E-state index contributed by atoms with van der Waals surface area (Å²) in [6, 6.07) is 2.04. The normalized spacial score (nSPS) is 35.2. The molecule has 0 saturated heterocycles. The van der Waals surface area contributed by atoms with Crippen molar-refractivity contribution in [2.75, 3.05) is 7.11 Å². The number of carbonyl (C=O) groups excluding carboxylic acids is 1. The van der Waals surface area contributed by atoms with Crippen LogP contribution in [-0.4, -0.2) is 18.0 Å². The van der Waals surface area contributed by atoms with Crippen LogP contribution in [0.15, 0.2) is 0 Å². The smallest absolute Gasteiger partial charge is 0.327 e. The number of nitriles is 1. The molecule has 0 unspecified atom stereocenters. The van der Waals surface area contributed by atoms with E-state index < -0.39 is 10.8 Å². The van der Waals surface area contributed by atoms with Crippen LogP contribution in [0.4, 0.5) is 0 Å². The first-order valence-electron chi connectivity index (χ1n) is 3.29. The van der Waals surface area contributed by atoms with Gasteiger partial charge in [0.25, 0.3) is 0 Å². The Balaban J connectivity index is 2.50. The van der Waals surface area contributed by atoms with Crippen molar-refractivity contribution in [3.63, 3.8) is 0 Å². The summed E-state index contributed by atoms with van der Waals surface area (Å²) in [5, 5.41) is 8.41. The first-order chi connectivity index (χ1) is 5.12. The first kappa shape index (κ1) is 8.35. The van der Waals surface area contributed by atoms with Crippen LogP contribution in [0.25, 0.3) is 0 Å². The van der Waals surface area contributed by atoms with Crippen molar-refractivity contribution in [1.82, 2.24) is 0 Å². The molecular formula is C7H8ClNO2. The third-order valence-electron chi connectivity index (χ3n) is 1.87. The zero-order chi connectivity index (χ0) is 8.48. The van der Waals surface area contributed by atoms with E-state index in [4.69, 9.17) is 16.9 Å². The molecule has 0 aromatic heterocycles. The lowest BCUT2D eigenvalue weighted by atomic mass is 9.75. The second-order valence-corrected chi connectivity index (χ2v) is 3.41. The number of methoxy groups -OCH3 is 1. The lowest BCUT2D eigenvalue weighted by molar-refractivity contribution is -0.147. The maximum absolute atomic E-state index is 10.9. The largest absolute Gasteiger partial charge is 0.468 e. The average molecular weight is 174 g/mol. The van der Waals surface area contributed by atoms with E-state index in [1.165, 1.54) is 7.11 Å². The number of alkyl halides is 1. The van der Waals surface area contributed by atoms with Crippen molar-refractivity contribution in [1.29, 1.82) is 5.26 Å². The number of hydrogen-bond acceptors (Lipinski definition) is 3. The van der Waals surface area contributed by atoms with Gasteiger partial charge in [-0.3, -0.25) is 4.79 Å². The van der Waals surface area contributed by atoms with E-state index in [0.29, 0.717) is 12.8 Å². The number of ether oxygens (including phenoxy) is 1. The van der Waals surface area contributed by atoms with Crippen molar-refractivity contribution in [3.05, 3.63) is 0 Å². The van der Waals surface area contributed by atoms with Crippen LogP contribution in [0.2, 0.25) is 0 Å². The monoisotopic (exact) mass is 173 g/mol. The Kier molecular flexibility index (Phi) is 2.05. The zero-order valence-corrected chi connectivity index (χ0v) is 6.89. The maximum Gasteiger partial charge on any atom is 0.327 e. The van der Waals surface area contributed by atoms with Gasteiger partial charge in [-0.2, -0.15) is 5.26 Å². The van der Waals surface area contributed by atoms with Crippen LogP contribution in [0.1, 0.15) is 12.8 Å². The van der Waals surface area contributed by atoms with Crippen molar-refractivity contribution < 1.29 is 9.53 Å². The van der Waals surface area contributed by atoms with E-state index in [9.17, 15) is 4.79 Å². The minimum Gasteiger partial charge on any atom is -0.468 e. The van der Waals surface area contributed by atoms with E-state index in [-0.39, 0.29) is 5.92 Å². The molecule has 0 heterocycles. The fourth-order valence-electron chi connectivity index (χ4n) is 1.16. The summed E-state index contributed by atoms with van der Waals surface area (Å²) in [5.74, 6) is -0.503. The maximum atomic E-state index is 10.9. The molecule has 1 aliphatic carbocycles. The molecule has 0 aliphatic heterocycles.